The molecule has 0 atom stereocenters. The van der Waals surface area contributed by atoms with Gasteiger partial charge in [-0.3, -0.25) is 9.98 Å². The van der Waals surface area contributed by atoms with Crippen LogP contribution in [0.1, 0.15) is 63.5 Å². The van der Waals surface area contributed by atoms with Crippen LogP contribution in [0.5, 0.6) is 0 Å². The number of rotatable bonds is 11. The standard InChI is InChI=1S/C24H32N2.Pd/c1-3-5-8-12-21-16-17-24(20-22(21)13-9-6-4-2)26-19-18-25-23-14-10-7-11-15-23;/h7,10-11,14-20H,3-6,8-9,12-13H2,1-2H3;. The fourth-order valence-electron chi connectivity index (χ4n) is 3.05. The van der Waals surface area contributed by atoms with Gasteiger partial charge in [0.05, 0.1) is 11.4 Å². The summed E-state index contributed by atoms with van der Waals surface area (Å²) in [6.45, 7) is 4.52. The molecule has 0 amide bonds. The van der Waals surface area contributed by atoms with Gasteiger partial charge >= 0.3 is 0 Å². The summed E-state index contributed by atoms with van der Waals surface area (Å²) in [6.07, 6.45) is 13.6. The molecule has 2 rings (SSSR count). The number of para-hydroxylation sites is 1. The summed E-state index contributed by atoms with van der Waals surface area (Å²) in [6, 6.07) is 16.6. The first-order chi connectivity index (χ1) is 12.8. The second-order valence-electron chi connectivity index (χ2n) is 6.76. The Labute approximate surface area is 178 Å². The molecule has 2 aromatic rings. The second kappa shape index (κ2) is 14.5. The molecular formula is C24H32N2Pd. The van der Waals surface area contributed by atoms with Crippen LogP contribution in [-0.2, 0) is 33.3 Å². The van der Waals surface area contributed by atoms with Gasteiger partial charge in [0.2, 0.25) is 0 Å². The van der Waals surface area contributed by atoms with Crippen LogP contribution in [0, 0.1) is 0 Å². The zero-order valence-corrected chi connectivity index (χ0v) is 18.2. The SMILES string of the molecule is CCCCCc1ccc(N=CC=Nc2ccccc2)cc1CCCCC.[Pd]. The monoisotopic (exact) mass is 454 g/mol. The van der Waals surface area contributed by atoms with E-state index in [2.05, 4.69) is 42.0 Å². The van der Waals surface area contributed by atoms with Crippen molar-refractivity contribution in [2.75, 3.05) is 0 Å². The van der Waals surface area contributed by atoms with E-state index < -0.39 is 0 Å². The van der Waals surface area contributed by atoms with E-state index in [1.807, 2.05) is 30.3 Å². The molecule has 0 aliphatic heterocycles. The van der Waals surface area contributed by atoms with E-state index in [0.29, 0.717) is 0 Å². The minimum absolute atomic E-state index is 0. The van der Waals surface area contributed by atoms with Gasteiger partial charge in [0.1, 0.15) is 0 Å². The number of benzene rings is 2. The largest absolute Gasteiger partial charge is 0.255 e. The van der Waals surface area contributed by atoms with Gasteiger partial charge < -0.3 is 0 Å². The molecule has 27 heavy (non-hydrogen) atoms. The van der Waals surface area contributed by atoms with Crippen LogP contribution < -0.4 is 0 Å². The molecule has 0 spiro atoms. The van der Waals surface area contributed by atoms with Crippen LogP contribution >= 0.6 is 0 Å². The fourth-order valence-corrected chi connectivity index (χ4v) is 3.05. The van der Waals surface area contributed by atoms with E-state index in [1.165, 1.54) is 56.1 Å². The molecule has 0 bridgehead atoms. The Morgan fingerprint density at radius 3 is 1.89 bits per heavy atom. The summed E-state index contributed by atoms with van der Waals surface area (Å²) in [5, 5.41) is 0. The van der Waals surface area contributed by atoms with Gasteiger partial charge in [0.15, 0.2) is 0 Å². The number of hydrogen-bond donors (Lipinski definition) is 0. The molecule has 0 radical (unpaired) electrons. The van der Waals surface area contributed by atoms with Crippen LogP contribution in [0.2, 0.25) is 0 Å². The van der Waals surface area contributed by atoms with Crippen molar-refractivity contribution in [2.24, 2.45) is 9.98 Å². The van der Waals surface area contributed by atoms with Crippen LogP contribution in [0.4, 0.5) is 11.4 Å². The molecule has 0 N–H and O–H groups in total. The van der Waals surface area contributed by atoms with Crippen LogP contribution in [0.3, 0.4) is 0 Å². The summed E-state index contributed by atoms with van der Waals surface area (Å²) in [5.41, 5.74) is 4.95. The molecule has 2 nitrogen and oxygen atoms in total. The topological polar surface area (TPSA) is 24.7 Å². The van der Waals surface area contributed by atoms with Gasteiger partial charge in [0.25, 0.3) is 0 Å². The zero-order valence-electron chi connectivity index (χ0n) is 16.6. The van der Waals surface area contributed by atoms with Crippen molar-refractivity contribution < 1.29 is 20.4 Å². The van der Waals surface area contributed by atoms with Crippen molar-refractivity contribution in [3.63, 3.8) is 0 Å². The minimum Gasteiger partial charge on any atom is -0.255 e. The van der Waals surface area contributed by atoms with Gasteiger partial charge in [-0.2, -0.15) is 0 Å². The van der Waals surface area contributed by atoms with Crippen molar-refractivity contribution in [1.82, 2.24) is 0 Å². The van der Waals surface area contributed by atoms with E-state index in [0.717, 1.165) is 17.8 Å². The Morgan fingerprint density at radius 2 is 1.26 bits per heavy atom. The molecule has 0 aromatic heterocycles. The van der Waals surface area contributed by atoms with Gasteiger partial charge in [0, 0.05) is 32.9 Å². The van der Waals surface area contributed by atoms with Crippen LogP contribution in [0.25, 0.3) is 0 Å². The predicted octanol–water partition coefficient (Wildman–Crippen LogP) is 7.25. The molecule has 0 aliphatic carbocycles. The first-order valence-corrected chi connectivity index (χ1v) is 10.1. The Balaban J connectivity index is 0.00000364. The van der Waals surface area contributed by atoms with E-state index in [9.17, 15) is 0 Å². The quantitative estimate of drug-likeness (QED) is 0.194. The number of hydrogen-bond acceptors (Lipinski definition) is 2. The summed E-state index contributed by atoms with van der Waals surface area (Å²) in [7, 11) is 0. The summed E-state index contributed by atoms with van der Waals surface area (Å²) in [5.74, 6) is 0. The van der Waals surface area contributed by atoms with Gasteiger partial charge in [-0.25, -0.2) is 0 Å². The summed E-state index contributed by atoms with van der Waals surface area (Å²) in [4.78, 5) is 8.97. The molecule has 0 fully saturated rings. The molecule has 148 valence electrons. The number of nitrogens with zero attached hydrogens (tertiary/aromatic N) is 2. The maximum Gasteiger partial charge on any atom is 0.0633 e. The number of aliphatic imine (C=N–C) groups is 2. The summed E-state index contributed by atoms with van der Waals surface area (Å²) < 4.78 is 0. The molecule has 0 aliphatic rings. The van der Waals surface area contributed by atoms with Crippen molar-refractivity contribution in [2.45, 2.75) is 65.2 Å². The molecule has 0 heterocycles. The van der Waals surface area contributed by atoms with Crippen molar-refractivity contribution in [3.8, 4) is 0 Å². The Bertz CT molecular complexity index is 693. The second-order valence-corrected chi connectivity index (χ2v) is 6.76. The third-order valence-electron chi connectivity index (χ3n) is 4.56. The first kappa shape index (κ1) is 23.5. The maximum atomic E-state index is 4.57. The van der Waals surface area contributed by atoms with E-state index >= 15 is 0 Å². The molecule has 0 unspecified atom stereocenters. The fraction of sp³-hybridized carbons (Fsp3) is 0.417. The van der Waals surface area contributed by atoms with Gasteiger partial charge in [-0.05, 0) is 61.1 Å². The maximum absolute atomic E-state index is 4.57. The van der Waals surface area contributed by atoms with Gasteiger partial charge in [-0.1, -0.05) is 63.8 Å². The molecule has 3 heteroatoms. The third-order valence-corrected chi connectivity index (χ3v) is 4.56. The van der Waals surface area contributed by atoms with Crippen LogP contribution in [-0.4, -0.2) is 12.4 Å². The average molecular weight is 455 g/mol. The minimum atomic E-state index is 0. The Kier molecular flexibility index (Phi) is 12.6. The van der Waals surface area contributed by atoms with Crippen molar-refractivity contribution >= 4 is 23.8 Å². The smallest absolute Gasteiger partial charge is 0.0633 e. The van der Waals surface area contributed by atoms with Crippen molar-refractivity contribution in [3.05, 3.63) is 59.7 Å². The van der Waals surface area contributed by atoms with Gasteiger partial charge in [-0.15, -0.1) is 0 Å². The first-order valence-electron chi connectivity index (χ1n) is 10.1. The normalized spacial score (nSPS) is 11.2. The van der Waals surface area contributed by atoms with E-state index in [1.54, 1.807) is 12.4 Å². The van der Waals surface area contributed by atoms with E-state index in [4.69, 9.17) is 0 Å². The van der Waals surface area contributed by atoms with Crippen molar-refractivity contribution in [1.29, 1.82) is 0 Å². The predicted molar refractivity (Wildman–Crippen MR) is 116 cm³/mol. The molecular weight excluding hydrogens is 423 g/mol. The Morgan fingerprint density at radius 1 is 0.667 bits per heavy atom. The summed E-state index contributed by atoms with van der Waals surface area (Å²) >= 11 is 0. The number of unbranched alkanes of at least 4 members (excludes halogenated alkanes) is 4. The average Bonchev–Trinajstić information content (AvgIpc) is 2.68. The Hall–Kier alpha value is -1.56. The molecule has 2 aromatic carbocycles. The third kappa shape index (κ3) is 9.27. The zero-order chi connectivity index (χ0) is 18.5. The number of aryl methyl sites for hydroxylation is 2. The molecule has 0 saturated heterocycles. The van der Waals surface area contributed by atoms with E-state index in [-0.39, 0.29) is 20.4 Å². The van der Waals surface area contributed by atoms with Crippen LogP contribution in [0.15, 0.2) is 58.5 Å². The molecule has 0 saturated carbocycles.